The third-order valence-corrected chi connectivity index (χ3v) is 5.08. The molecule has 1 saturated heterocycles. The standard InChI is InChI=1S/C16H20N2O/c19-16(18-9-13-2-1-3-14(13)10-18)12-5-4-11-6-7-17-15(11)8-12/h4-5,8,13-14,17H,1-3,6-7,9-10H2. The molecule has 1 aliphatic carbocycles. The Morgan fingerprint density at radius 3 is 2.79 bits per heavy atom. The van der Waals surface area contributed by atoms with E-state index in [0.717, 1.165) is 49.1 Å². The second kappa shape index (κ2) is 4.26. The van der Waals surface area contributed by atoms with Crippen molar-refractivity contribution in [3.8, 4) is 0 Å². The third-order valence-electron chi connectivity index (χ3n) is 5.08. The Labute approximate surface area is 114 Å². The number of nitrogens with zero attached hydrogens (tertiary/aromatic N) is 1. The maximum atomic E-state index is 12.6. The molecule has 1 N–H and O–H groups in total. The quantitative estimate of drug-likeness (QED) is 0.837. The van der Waals surface area contributed by atoms with E-state index in [2.05, 4.69) is 16.3 Å². The van der Waals surface area contributed by atoms with Gasteiger partial charge in [-0.05, 0) is 48.8 Å². The summed E-state index contributed by atoms with van der Waals surface area (Å²) >= 11 is 0. The first-order chi connectivity index (χ1) is 9.31. The first kappa shape index (κ1) is 11.3. The highest BCUT2D eigenvalue weighted by Gasteiger charge is 2.38. The van der Waals surface area contributed by atoms with Gasteiger partial charge in [-0.15, -0.1) is 0 Å². The molecule has 1 saturated carbocycles. The number of anilines is 1. The number of hydrogen-bond donors (Lipinski definition) is 1. The fourth-order valence-electron chi connectivity index (χ4n) is 4.01. The number of hydrogen-bond acceptors (Lipinski definition) is 2. The Bertz CT molecular complexity index is 513. The molecule has 1 amide bonds. The van der Waals surface area contributed by atoms with Gasteiger partial charge in [-0.2, -0.15) is 0 Å². The van der Waals surface area contributed by atoms with Crippen molar-refractivity contribution in [1.29, 1.82) is 0 Å². The zero-order valence-electron chi connectivity index (χ0n) is 11.2. The van der Waals surface area contributed by atoms with Gasteiger partial charge in [-0.3, -0.25) is 4.79 Å². The highest BCUT2D eigenvalue weighted by molar-refractivity contribution is 5.95. The van der Waals surface area contributed by atoms with E-state index < -0.39 is 0 Å². The molecule has 1 aromatic carbocycles. The smallest absolute Gasteiger partial charge is 0.253 e. The number of likely N-dealkylation sites (tertiary alicyclic amines) is 1. The van der Waals surface area contributed by atoms with E-state index in [-0.39, 0.29) is 5.91 Å². The Balaban J connectivity index is 1.54. The van der Waals surface area contributed by atoms with Crippen LogP contribution in [-0.2, 0) is 6.42 Å². The fourth-order valence-corrected chi connectivity index (χ4v) is 4.01. The summed E-state index contributed by atoms with van der Waals surface area (Å²) in [5, 5.41) is 3.36. The van der Waals surface area contributed by atoms with Crippen LogP contribution in [0.1, 0.15) is 35.2 Å². The van der Waals surface area contributed by atoms with Crippen LogP contribution in [0.3, 0.4) is 0 Å². The molecule has 4 rings (SSSR count). The molecular weight excluding hydrogens is 236 g/mol. The van der Waals surface area contributed by atoms with Gasteiger partial charge >= 0.3 is 0 Å². The molecule has 2 atom stereocenters. The molecule has 3 heteroatoms. The maximum absolute atomic E-state index is 12.6. The van der Waals surface area contributed by atoms with Gasteiger partial charge in [0.2, 0.25) is 0 Å². The van der Waals surface area contributed by atoms with Crippen LogP contribution in [0.15, 0.2) is 18.2 Å². The Morgan fingerprint density at radius 2 is 2.00 bits per heavy atom. The summed E-state index contributed by atoms with van der Waals surface area (Å²) in [5.74, 6) is 1.78. The van der Waals surface area contributed by atoms with Crippen LogP contribution in [0.5, 0.6) is 0 Å². The molecule has 0 spiro atoms. The number of amides is 1. The number of nitrogens with one attached hydrogen (secondary N) is 1. The van der Waals surface area contributed by atoms with E-state index in [1.165, 1.54) is 24.8 Å². The van der Waals surface area contributed by atoms with Crippen LogP contribution >= 0.6 is 0 Å². The van der Waals surface area contributed by atoms with Crippen LogP contribution in [-0.4, -0.2) is 30.4 Å². The van der Waals surface area contributed by atoms with Crippen molar-refractivity contribution in [2.24, 2.45) is 11.8 Å². The first-order valence-corrected chi connectivity index (χ1v) is 7.47. The van der Waals surface area contributed by atoms with Crippen LogP contribution in [0.4, 0.5) is 5.69 Å². The minimum absolute atomic E-state index is 0.228. The van der Waals surface area contributed by atoms with Gasteiger partial charge in [-0.1, -0.05) is 12.5 Å². The van der Waals surface area contributed by atoms with Crippen molar-refractivity contribution < 1.29 is 4.79 Å². The summed E-state index contributed by atoms with van der Waals surface area (Å²) < 4.78 is 0. The fraction of sp³-hybridized carbons (Fsp3) is 0.562. The molecular formula is C16H20N2O. The van der Waals surface area contributed by atoms with Crippen molar-refractivity contribution in [2.45, 2.75) is 25.7 Å². The molecule has 3 aliphatic rings. The van der Waals surface area contributed by atoms with Gasteiger partial charge in [0, 0.05) is 30.9 Å². The number of benzene rings is 1. The Hall–Kier alpha value is -1.51. The van der Waals surface area contributed by atoms with Gasteiger partial charge in [0.05, 0.1) is 0 Å². The van der Waals surface area contributed by atoms with Crippen molar-refractivity contribution in [3.05, 3.63) is 29.3 Å². The van der Waals surface area contributed by atoms with E-state index >= 15 is 0 Å². The lowest BCUT2D eigenvalue weighted by molar-refractivity contribution is 0.0780. The highest BCUT2D eigenvalue weighted by atomic mass is 16.2. The Morgan fingerprint density at radius 1 is 1.21 bits per heavy atom. The third kappa shape index (κ3) is 1.83. The van der Waals surface area contributed by atoms with Gasteiger partial charge in [-0.25, -0.2) is 0 Å². The van der Waals surface area contributed by atoms with Gasteiger partial charge in [0.1, 0.15) is 0 Å². The average molecular weight is 256 g/mol. The van der Waals surface area contributed by atoms with Crippen molar-refractivity contribution in [3.63, 3.8) is 0 Å². The van der Waals surface area contributed by atoms with E-state index in [0.29, 0.717) is 0 Å². The lowest BCUT2D eigenvalue weighted by Crippen LogP contribution is -2.29. The zero-order valence-corrected chi connectivity index (χ0v) is 11.2. The predicted octanol–water partition coefficient (Wildman–Crippen LogP) is 2.53. The summed E-state index contributed by atoms with van der Waals surface area (Å²) in [5.41, 5.74) is 3.35. The minimum atomic E-state index is 0.228. The topological polar surface area (TPSA) is 32.3 Å². The van der Waals surface area contributed by atoms with Gasteiger partial charge in [0.15, 0.2) is 0 Å². The largest absolute Gasteiger partial charge is 0.384 e. The van der Waals surface area contributed by atoms with Gasteiger partial charge < -0.3 is 10.2 Å². The maximum Gasteiger partial charge on any atom is 0.253 e. The first-order valence-electron chi connectivity index (χ1n) is 7.47. The molecule has 1 aromatic rings. The SMILES string of the molecule is O=C(c1ccc2c(c1)NCC2)N1CC2CCCC2C1. The van der Waals surface area contributed by atoms with E-state index in [4.69, 9.17) is 0 Å². The zero-order chi connectivity index (χ0) is 12.8. The van der Waals surface area contributed by atoms with Crippen LogP contribution in [0.2, 0.25) is 0 Å². The second-order valence-electron chi connectivity index (χ2n) is 6.21. The molecule has 0 radical (unpaired) electrons. The number of carbonyl (C=O) groups is 1. The average Bonchev–Trinajstić information content (AvgIpc) is 3.11. The summed E-state index contributed by atoms with van der Waals surface area (Å²) in [6.07, 6.45) is 5.08. The van der Waals surface area contributed by atoms with Crippen molar-refractivity contribution in [2.75, 3.05) is 25.0 Å². The number of carbonyl (C=O) groups excluding carboxylic acids is 1. The Kier molecular flexibility index (Phi) is 2.54. The molecule has 2 aliphatic heterocycles. The lowest BCUT2D eigenvalue weighted by Gasteiger charge is -2.17. The van der Waals surface area contributed by atoms with Crippen molar-refractivity contribution >= 4 is 11.6 Å². The lowest BCUT2D eigenvalue weighted by atomic mass is 10.0. The summed E-state index contributed by atoms with van der Waals surface area (Å²) in [6.45, 7) is 2.96. The van der Waals surface area contributed by atoms with Gasteiger partial charge in [0.25, 0.3) is 5.91 Å². The predicted molar refractivity (Wildman–Crippen MR) is 75.4 cm³/mol. The summed E-state index contributed by atoms with van der Waals surface area (Å²) in [6, 6.07) is 6.15. The van der Waals surface area contributed by atoms with E-state index in [1.54, 1.807) is 0 Å². The molecule has 100 valence electrons. The molecule has 0 bridgehead atoms. The molecule has 3 nitrogen and oxygen atoms in total. The normalized spacial score (nSPS) is 28.1. The van der Waals surface area contributed by atoms with Crippen LogP contribution < -0.4 is 5.32 Å². The van der Waals surface area contributed by atoms with E-state index in [9.17, 15) is 4.79 Å². The summed E-state index contributed by atoms with van der Waals surface area (Å²) in [7, 11) is 0. The minimum Gasteiger partial charge on any atom is -0.384 e. The molecule has 0 aromatic heterocycles. The molecule has 2 heterocycles. The number of fused-ring (bicyclic) bond motifs is 2. The molecule has 19 heavy (non-hydrogen) atoms. The monoisotopic (exact) mass is 256 g/mol. The van der Waals surface area contributed by atoms with Crippen LogP contribution in [0, 0.1) is 11.8 Å². The highest BCUT2D eigenvalue weighted by Crippen LogP contribution is 2.38. The second-order valence-corrected chi connectivity index (χ2v) is 6.21. The van der Waals surface area contributed by atoms with E-state index in [1.807, 2.05) is 12.1 Å². The van der Waals surface area contributed by atoms with Crippen LogP contribution in [0.25, 0.3) is 0 Å². The number of rotatable bonds is 1. The molecule has 2 unspecified atom stereocenters. The summed E-state index contributed by atoms with van der Waals surface area (Å²) in [4.78, 5) is 14.7. The molecule has 2 fully saturated rings. The van der Waals surface area contributed by atoms with Crippen molar-refractivity contribution in [1.82, 2.24) is 4.90 Å².